The molecule has 0 atom stereocenters. The quantitative estimate of drug-likeness (QED) is 0.611. The molecule has 1 heterocycles. The zero-order valence-electron chi connectivity index (χ0n) is 16.5. The number of nitrogens with one attached hydrogen (secondary N) is 2. The van der Waals surface area contributed by atoms with Crippen molar-refractivity contribution in [3.63, 3.8) is 0 Å². The molecule has 7 nitrogen and oxygen atoms in total. The van der Waals surface area contributed by atoms with Crippen LogP contribution in [0.2, 0.25) is 0 Å². The standard InChI is InChI=1S/C22H22N4O3/c1-4-29-21(28)16-7-9-17(10-8-16)24-22-23-12-11-18(26-22)20(27)25-19-13-14(2)5-6-15(19)3/h5-13H,4H2,1-3H3,(H,25,27)(H,23,24,26). The summed E-state index contributed by atoms with van der Waals surface area (Å²) in [7, 11) is 0. The van der Waals surface area contributed by atoms with Crippen LogP contribution < -0.4 is 10.6 Å². The van der Waals surface area contributed by atoms with Gasteiger partial charge in [-0.1, -0.05) is 12.1 Å². The topological polar surface area (TPSA) is 93.2 Å². The first-order valence-corrected chi connectivity index (χ1v) is 9.22. The van der Waals surface area contributed by atoms with Gasteiger partial charge in [0.1, 0.15) is 5.69 Å². The van der Waals surface area contributed by atoms with Gasteiger partial charge in [-0.3, -0.25) is 4.79 Å². The van der Waals surface area contributed by atoms with Crippen LogP contribution in [0.25, 0.3) is 0 Å². The van der Waals surface area contributed by atoms with Gasteiger partial charge in [-0.25, -0.2) is 14.8 Å². The molecule has 0 aliphatic rings. The van der Waals surface area contributed by atoms with E-state index in [1.54, 1.807) is 37.3 Å². The lowest BCUT2D eigenvalue weighted by Gasteiger charge is -2.10. The van der Waals surface area contributed by atoms with Crippen molar-refractivity contribution >= 4 is 29.2 Å². The summed E-state index contributed by atoms with van der Waals surface area (Å²) < 4.78 is 4.96. The zero-order chi connectivity index (χ0) is 20.8. The minimum Gasteiger partial charge on any atom is -0.462 e. The molecule has 3 aromatic rings. The predicted octanol–water partition coefficient (Wildman–Crippen LogP) is 4.27. The molecule has 29 heavy (non-hydrogen) atoms. The summed E-state index contributed by atoms with van der Waals surface area (Å²) in [4.78, 5) is 32.7. The number of benzene rings is 2. The van der Waals surface area contributed by atoms with E-state index in [1.165, 1.54) is 6.20 Å². The van der Waals surface area contributed by atoms with Gasteiger partial charge in [-0.05, 0) is 68.3 Å². The fourth-order valence-corrected chi connectivity index (χ4v) is 2.64. The lowest BCUT2D eigenvalue weighted by molar-refractivity contribution is 0.0526. The number of aromatic nitrogens is 2. The molecular weight excluding hydrogens is 368 g/mol. The average molecular weight is 390 g/mol. The summed E-state index contributed by atoms with van der Waals surface area (Å²) in [5.41, 5.74) is 4.16. The minimum atomic E-state index is -0.375. The Morgan fingerprint density at radius 2 is 1.79 bits per heavy atom. The number of carbonyl (C=O) groups excluding carboxylic acids is 2. The number of hydrogen-bond acceptors (Lipinski definition) is 6. The van der Waals surface area contributed by atoms with Crippen molar-refractivity contribution in [2.45, 2.75) is 20.8 Å². The van der Waals surface area contributed by atoms with E-state index in [1.807, 2.05) is 32.0 Å². The number of rotatable bonds is 6. The monoisotopic (exact) mass is 390 g/mol. The molecule has 1 amide bonds. The minimum absolute atomic E-state index is 0.242. The van der Waals surface area contributed by atoms with Gasteiger partial charge < -0.3 is 15.4 Å². The first-order chi connectivity index (χ1) is 14.0. The van der Waals surface area contributed by atoms with Crippen LogP contribution in [0, 0.1) is 13.8 Å². The smallest absolute Gasteiger partial charge is 0.338 e. The molecule has 2 aromatic carbocycles. The van der Waals surface area contributed by atoms with Gasteiger partial charge in [0.2, 0.25) is 5.95 Å². The second kappa shape index (κ2) is 8.97. The molecule has 0 saturated heterocycles. The molecule has 0 aliphatic carbocycles. The van der Waals surface area contributed by atoms with E-state index in [0.29, 0.717) is 17.9 Å². The van der Waals surface area contributed by atoms with Crippen molar-refractivity contribution < 1.29 is 14.3 Å². The molecule has 2 N–H and O–H groups in total. The summed E-state index contributed by atoms with van der Waals surface area (Å²) in [6, 6.07) is 14.2. The van der Waals surface area contributed by atoms with Crippen LogP contribution in [-0.4, -0.2) is 28.5 Å². The van der Waals surface area contributed by atoms with Crippen LogP contribution >= 0.6 is 0 Å². The molecule has 0 aliphatic heterocycles. The first-order valence-electron chi connectivity index (χ1n) is 9.22. The number of esters is 1. The highest BCUT2D eigenvalue weighted by Gasteiger charge is 2.11. The third kappa shape index (κ3) is 5.16. The van der Waals surface area contributed by atoms with Gasteiger partial charge >= 0.3 is 5.97 Å². The van der Waals surface area contributed by atoms with Crippen LogP contribution in [-0.2, 0) is 4.74 Å². The number of nitrogens with zero attached hydrogens (tertiary/aromatic N) is 2. The van der Waals surface area contributed by atoms with E-state index in [-0.39, 0.29) is 23.5 Å². The van der Waals surface area contributed by atoms with Gasteiger partial charge in [-0.15, -0.1) is 0 Å². The fourth-order valence-electron chi connectivity index (χ4n) is 2.64. The Hall–Kier alpha value is -3.74. The number of carbonyl (C=O) groups is 2. The van der Waals surface area contributed by atoms with Crippen LogP contribution in [0.1, 0.15) is 38.9 Å². The maximum Gasteiger partial charge on any atom is 0.338 e. The summed E-state index contributed by atoms with van der Waals surface area (Å²) in [6.45, 7) is 5.98. The van der Waals surface area contributed by atoms with Gasteiger partial charge in [-0.2, -0.15) is 0 Å². The third-order valence-corrected chi connectivity index (χ3v) is 4.18. The Bertz CT molecular complexity index is 1030. The molecule has 0 fully saturated rings. The highest BCUT2D eigenvalue weighted by molar-refractivity contribution is 6.03. The Balaban J connectivity index is 1.71. The highest BCUT2D eigenvalue weighted by atomic mass is 16.5. The number of amides is 1. The largest absolute Gasteiger partial charge is 0.462 e. The Morgan fingerprint density at radius 3 is 2.52 bits per heavy atom. The van der Waals surface area contributed by atoms with Crippen molar-refractivity contribution in [3.05, 3.63) is 77.1 Å². The molecule has 0 radical (unpaired) electrons. The molecule has 3 rings (SSSR count). The summed E-state index contributed by atoms with van der Waals surface area (Å²) >= 11 is 0. The molecule has 0 saturated carbocycles. The fraction of sp³-hybridized carbons (Fsp3) is 0.182. The van der Waals surface area contributed by atoms with Crippen molar-refractivity contribution in [2.75, 3.05) is 17.2 Å². The first kappa shape index (κ1) is 20.0. The van der Waals surface area contributed by atoms with Crippen molar-refractivity contribution in [1.29, 1.82) is 0 Å². The number of aryl methyl sites for hydroxylation is 2. The number of hydrogen-bond donors (Lipinski definition) is 2. The highest BCUT2D eigenvalue weighted by Crippen LogP contribution is 2.18. The van der Waals surface area contributed by atoms with Gasteiger partial charge in [0.05, 0.1) is 12.2 Å². The molecular formula is C22H22N4O3. The summed E-state index contributed by atoms with van der Waals surface area (Å²) in [5.74, 6) is -0.412. The van der Waals surface area contributed by atoms with Crippen molar-refractivity contribution in [3.8, 4) is 0 Å². The van der Waals surface area contributed by atoms with Crippen LogP contribution in [0.15, 0.2) is 54.7 Å². The maximum absolute atomic E-state index is 12.6. The van der Waals surface area contributed by atoms with Gasteiger partial charge in [0.25, 0.3) is 5.91 Å². The SMILES string of the molecule is CCOC(=O)c1ccc(Nc2nccc(C(=O)Nc3cc(C)ccc3C)n2)cc1. The van der Waals surface area contributed by atoms with Gasteiger partial charge in [0.15, 0.2) is 0 Å². The summed E-state index contributed by atoms with van der Waals surface area (Å²) in [6.07, 6.45) is 1.51. The second-order valence-corrected chi connectivity index (χ2v) is 6.46. The predicted molar refractivity (Wildman–Crippen MR) is 112 cm³/mol. The average Bonchev–Trinajstić information content (AvgIpc) is 2.71. The maximum atomic E-state index is 12.6. The van der Waals surface area contributed by atoms with E-state index in [9.17, 15) is 9.59 Å². The second-order valence-electron chi connectivity index (χ2n) is 6.46. The van der Waals surface area contributed by atoms with E-state index >= 15 is 0 Å². The molecule has 0 bridgehead atoms. The van der Waals surface area contributed by atoms with Crippen LogP contribution in [0.3, 0.4) is 0 Å². The molecule has 0 unspecified atom stereocenters. The number of ether oxygens (including phenoxy) is 1. The Morgan fingerprint density at radius 1 is 1.03 bits per heavy atom. The molecule has 148 valence electrons. The Kier molecular flexibility index (Phi) is 6.19. The zero-order valence-corrected chi connectivity index (χ0v) is 16.5. The molecule has 7 heteroatoms. The van der Waals surface area contributed by atoms with Gasteiger partial charge in [0, 0.05) is 17.6 Å². The summed E-state index contributed by atoms with van der Waals surface area (Å²) in [5, 5.41) is 5.91. The molecule has 0 spiro atoms. The van der Waals surface area contributed by atoms with E-state index < -0.39 is 0 Å². The normalized spacial score (nSPS) is 10.3. The van der Waals surface area contributed by atoms with E-state index in [2.05, 4.69) is 20.6 Å². The lowest BCUT2D eigenvalue weighted by Crippen LogP contribution is -2.15. The third-order valence-electron chi connectivity index (χ3n) is 4.18. The lowest BCUT2D eigenvalue weighted by atomic mass is 10.1. The van der Waals surface area contributed by atoms with Crippen LogP contribution in [0.5, 0.6) is 0 Å². The van der Waals surface area contributed by atoms with E-state index in [0.717, 1.165) is 16.8 Å². The van der Waals surface area contributed by atoms with Crippen LogP contribution in [0.4, 0.5) is 17.3 Å². The van der Waals surface area contributed by atoms with Crippen molar-refractivity contribution in [1.82, 2.24) is 9.97 Å². The van der Waals surface area contributed by atoms with E-state index in [4.69, 9.17) is 4.74 Å². The van der Waals surface area contributed by atoms with Crippen molar-refractivity contribution in [2.24, 2.45) is 0 Å². The number of anilines is 3. The molecule has 1 aromatic heterocycles. The Labute approximate surface area is 169 Å².